The maximum Gasteiger partial charge on any atom is 0.195 e. The lowest BCUT2D eigenvalue weighted by molar-refractivity contribution is 1.18. The van der Waals surface area contributed by atoms with Crippen molar-refractivity contribution in [3.63, 3.8) is 0 Å². The minimum Gasteiger partial charge on any atom is -0.310 e. The minimum absolute atomic E-state index is 0.548. The molecular formula is C45H25N5. The number of benzene rings is 7. The smallest absolute Gasteiger partial charge is 0.195 e. The molecule has 0 atom stereocenters. The summed E-state index contributed by atoms with van der Waals surface area (Å²) in [6.07, 6.45) is 0. The number of hydrogen-bond acceptors (Lipinski definition) is 1. The van der Waals surface area contributed by atoms with Crippen LogP contribution in [0.5, 0.6) is 0 Å². The fourth-order valence-corrected chi connectivity index (χ4v) is 7.46. The van der Waals surface area contributed by atoms with Gasteiger partial charge in [0.15, 0.2) is 11.4 Å². The van der Waals surface area contributed by atoms with Gasteiger partial charge >= 0.3 is 0 Å². The van der Waals surface area contributed by atoms with Crippen molar-refractivity contribution in [1.29, 1.82) is 5.26 Å². The van der Waals surface area contributed by atoms with Crippen molar-refractivity contribution in [2.75, 3.05) is 0 Å². The second kappa shape index (κ2) is 11.4. The second-order valence-electron chi connectivity index (χ2n) is 12.2. The van der Waals surface area contributed by atoms with E-state index in [1.165, 1.54) is 10.8 Å². The Morgan fingerprint density at radius 1 is 0.500 bits per heavy atom. The maximum atomic E-state index is 9.67. The summed E-state index contributed by atoms with van der Waals surface area (Å²) in [4.78, 5) is 7.76. The number of para-hydroxylation sites is 3. The van der Waals surface area contributed by atoms with Gasteiger partial charge in [0, 0.05) is 32.7 Å². The van der Waals surface area contributed by atoms with Crippen molar-refractivity contribution in [3.8, 4) is 39.7 Å². The Labute approximate surface area is 288 Å². The van der Waals surface area contributed by atoms with Gasteiger partial charge in [-0.3, -0.25) is 0 Å². The van der Waals surface area contributed by atoms with Gasteiger partial charge in [-0.25, -0.2) is 9.69 Å². The molecule has 0 saturated carbocycles. The van der Waals surface area contributed by atoms with E-state index < -0.39 is 0 Å². The molecule has 2 aromatic heterocycles. The summed E-state index contributed by atoms with van der Waals surface area (Å²) in [5.74, 6) is 0. The Hall–Kier alpha value is -7.39. The number of nitriles is 1. The zero-order chi connectivity index (χ0) is 33.8. The summed E-state index contributed by atoms with van der Waals surface area (Å²) >= 11 is 0. The minimum atomic E-state index is 0.548. The highest BCUT2D eigenvalue weighted by molar-refractivity contribution is 6.11. The van der Waals surface area contributed by atoms with Gasteiger partial charge in [-0.15, -0.1) is 0 Å². The molecule has 0 bridgehead atoms. The van der Waals surface area contributed by atoms with Crippen LogP contribution in [0.2, 0.25) is 0 Å². The third kappa shape index (κ3) is 4.31. The molecule has 0 N–H and O–H groups in total. The molecule has 0 aliphatic rings. The highest BCUT2D eigenvalue weighted by Crippen LogP contribution is 2.45. The zero-order valence-electron chi connectivity index (χ0n) is 26.7. The summed E-state index contributed by atoms with van der Waals surface area (Å²) < 4.78 is 4.47. The van der Waals surface area contributed by atoms with Gasteiger partial charge in [0.25, 0.3) is 0 Å². The Morgan fingerprint density at radius 3 is 1.94 bits per heavy atom. The van der Waals surface area contributed by atoms with Gasteiger partial charge in [-0.2, -0.15) is 5.26 Å². The molecule has 9 aromatic rings. The zero-order valence-corrected chi connectivity index (χ0v) is 26.7. The highest BCUT2D eigenvalue weighted by atomic mass is 15.0. The summed E-state index contributed by atoms with van der Waals surface area (Å²) in [6.45, 7) is 16.0. The van der Waals surface area contributed by atoms with Crippen LogP contribution in [0.3, 0.4) is 0 Å². The summed E-state index contributed by atoms with van der Waals surface area (Å²) in [6, 6.07) is 53.3. The maximum absolute atomic E-state index is 9.67. The Bertz CT molecular complexity index is 2920. The number of hydrogen-bond donors (Lipinski definition) is 0. The van der Waals surface area contributed by atoms with Crippen LogP contribution in [0.1, 0.15) is 5.56 Å². The topological polar surface area (TPSA) is 42.4 Å². The first-order valence-corrected chi connectivity index (χ1v) is 16.2. The van der Waals surface area contributed by atoms with E-state index in [1.54, 1.807) is 0 Å². The third-order valence-corrected chi connectivity index (χ3v) is 9.58. The number of nitrogens with zero attached hydrogens (tertiary/aromatic N) is 5. The predicted octanol–water partition coefficient (Wildman–Crippen LogP) is 12.2. The molecule has 0 amide bonds. The van der Waals surface area contributed by atoms with Gasteiger partial charge in [-0.1, -0.05) is 97.1 Å². The molecule has 0 saturated heterocycles. The highest BCUT2D eigenvalue weighted by Gasteiger charge is 2.20. The van der Waals surface area contributed by atoms with Gasteiger partial charge < -0.3 is 9.13 Å². The van der Waals surface area contributed by atoms with Gasteiger partial charge in [0.1, 0.15) is 0 Å². The van der Waals surface area contributed by atoms with E-state index in [4.69, 9.17) is 13.1 Å². The first-order chi connectivity index (χ1) is 24.7. The first-order valence-electron chi connectivity index (χ1n) is 16.2. The van der Waals surface area contributed by atoms with E-state index in [0.717, 1.165) is 66.5 Å². The molecule has 0 aliphatic heterocycles. The molecule has 0 unspecified atom stereocenters. The lowest BCUT2D eigenvalue weighted by atomic mass is 9.91. The normalized spacial score (nSPS) is 11.1. The molecule has 5 heteroatoms. The van der Waals surface area contributed by atoms with E-state index in [1.807, 2.05) is 60.7 Å². The van der Waals surface area contributed by atoms with E-state index in [2.05, 4.69) is 116 Å². The quantitative estimate of drug-likeness (QED) is 0.177. The van der Waals surface area contributed by atoms with Crippen LogP contribution >= 0.6 is 0 Å². The molecular weight excluding hydrogens is 611 g/mol. The van der Waals surface area contributed by atoms with Crippen LogP contribution < -0.4 is 0 Å². The molecule has 0 spiro atoms. The van der Waals surface area contributed by atoms with Crippen molar-refractivity contribution in [2.24, 2.45) is 0 Å². The summed E-state index contributed by atoms with van der Waals surface area (Å²) in [7, 11) is 0. The average molecular weight is 636 g/mol. The molecule has 9 rings (SSSR count). The standard InChI is InChI=1S/C45H25N5/c1-47-31-22-23-36-38-25-29(28-46)21-24-43(38)49(44(36)27-31)32-12-9-11-30(26-32)33-16-10-17-39(48-2)45(33)37-15-5-8-20-42(37)50-40-18-6-3-13-34(40)35-14-4-7-19-41(35)50/h3-27H. The van der Waals surface area contributed by atoms with Gasteiger partial charge in [-0.05, 0) is 76.9 Å². The van der Waals surface area contributed by atoms with E-state index in [0.29, 0.717) is 16.9 Å². The molecule has 2 heterocycles. The summed E-state index contributed by atoms with van der Waals surface area (Å²) in [5.41, 5.74) is 11.4. The molecule has 0 aliphatic carbocycles. The lowest BCUT2D eigenvalue weighted by Gasteiger charge is -2.19. The van der Waals surface area contributed by atoms with E-state index in [9.17, 15) is 5.26 Å². The molecule has 7 aromatic carbocycles. The molecule has 50 heavy (non-hydrogen) atoms. The Morgan fingerprint density at radius 2 is 1.18 bits per heavy atom. The van der Waals surface area contributed by atoms with E-state index in [-0.39, 0.29) is 0 Å². The Kier molecular flexibility index (Phi) is 6.56. The number of aromatic nitrogens is 2. The van der Waals surface area contributed by atoms with Crippen LogP contribution in [-0.2, 0) is 0 Å². The van der Waals surface area contributed by atoms with Crippen LogP contribution in [0.25, 0.3) is 86.9 Å². The van der Waals surface area contributed by atoms with Gasteiger partial charge in [0.05, 0.1) is 47.0 Å². The third-order valence-electron chi connectivity index (χ3n) is 9.58. The van der Waals surface area contributed by atoms with Crippen molar-refractivity contribution in [1.82, 2.24) is 9.13 Å². The largest absolute Gasteiger partial charge is 0.310 e. The fraction of sp³-hybridized carbons (Fsp3) is 0. The van der Waals surface area contributed by atoms with Crippen LogP contribution in [-0.4, -0.2) is 9.13 Å². The van der Waals surface area contributed by atoms with E-state index >= 15 is 0 Å². The first kappa shape index (κ1) is 28.8. The summed E-state index contributed by atoms with van der Waals surface area (Å²) in [5, 5.41) is 14.0. The molecule has 0 fully saturated rings. The average Bonchev–Trinajstić information content (AvgIpc) is 3.69. The van der Waals surface area contributed by atoms with Crippen molar-refractivity contribution in [2.45, 2.75) is 0 Å². The van der Waals surface area contributed by atoms with Crippen LogP contribution in [0, 0.1) is 24.5 Å². The molecule has 0 radical (unpaired) electrons. The van der Waals surface area contributed by atoms with Crippen LogP contribution in [0.4, 0.5) is 11.4 Å². The molecule has 5 nitrogen and oxygen atoms in total. The Balaban J connectivity index is 1.30. The molecule has 230 valence electrons. The van der Waals surface area contributed by atoms with Crippen molar-refractivity contribution in [3.05, 3.63) is 180 Å². The predicted molar refractivity (Wildman–Crippen MR) is 203 cm³/mol. The van der Waals surface area contributed by atoms with Gasteiger partial charge in [0.2, 0.25) is 0 Å². The number of rotatable bonds is 4. The lowest BCUT2D eigenvalue weighted by Crippen LogP contribution is -1.98. The van der Waals surface area contributed by atoms with Crippen molar-refractivity contribution >= 4 is 55.0 Å². The van der Waals surface area contributed by atoms with Crippen LogP contribution in [0.15, 0.2) is 152 Å². The monoisotopic (exact) mass is 635 g/mol. The number of fused-ring (bicyclic) bond motifs is 6. The van der Waals surface area contributed by atoms with Crippen molar-refractivity contribution < 1.29 is 0 Å². The SMILES string of the molecule is [C-]#[N+]c1ccc2c3cc(C#N)ccc3n(-c3cccc(-c4cccc([N+]#[C-])c4-c4ccccc4-n4c5ccccc5c5ccccc54)c3)c2c1. The second-order valence-corrected chi connectivity index (χ2v) is 12.2. The fourth-order valence-electron chi connectivity index (χ4n) is 7.46.